The standard InChI is InChI=1S/C15H13ClN4O/c16-11-6-7-13-18-15(10-4-2-1-3-5-10)12(20(13)9-11)8-14(21)19-17/h1-7,9H,8,17H2,(H,19,21). The van der Waals surface area contributed by atoms with Crippen molar-refractivity contribution in [3.05, 3.63) is 59.4 Å². The lowest BCUT2D eigenvalue weighted by Crippen LogP contribution is -2.31. The predicted octanol–water partition coefficient (Wildman–Crippen LogP) is 2.19. The molecular weight excluding hydrogens is 288 g/mol. The number of hydrogen-bond acceptors (Lipinski definition) is 3. The number of rotatable bonds is 3. The Morgan fingerprint density at radius 2 is 2.00 bits per heavy atom. The number of carbonyl (C=O) groups is 1. The van der Waals surface area contributed by atoms with Gasteiger partial charge in [-0.3, -0.25) is 10.2 Å². The number of nitrogens with two attached hydrogens (primary N) is 1. The second-order valence-electron chi connectivity index (χ2n) is 4.59. The Morgan fingerprint density at radius 1 is 1.24 bits per heavy atom. The molecular formula is C15H13ClN4O. The highest BCUT2D eigenvalue weighted by Gasteiger charge is 2.16. The maximum absolute atomic E-state index is 11.7. The second-order valence-corrected chi connectivity index (χ2v) is 5.03. The van der Waals surface area contributed by atoms with Gasteiger partial charge in [0.15, 0.2) is 0 Å². The fourth-order valence-corrected chi connectivity index (χ4v) is 2.43. The topological polar surface area (TPSA) is 72.4 Å². The Balaban J connectivity index is 2.23. The number of nitrogens with zero attached hydrogens (tertiary/aromatic N) is 2. The fraction of sp³-hybridized carbons (Fsp3) is 0.0667. The molecule has 0 atom stereocenters. The van der Waals surface area contributed by atoms with Crippen molar-refractivity contribution in [2.45, 2.75) is 6.42 Å². The summed E-state index contributed by atoms with van der Waals surface area (Å²) >= 11 is 6.04. The maximum atomic E-state index is 11.7. The van der Waals surface area contributed by atoms with Crippen molar-refractivity contribution in [2.75, 3.05) is 0 Å². The summed E-state index contributed by atoms with van der Waals surface area (Å²) in [7, 11) is 0. The lowest BCUT2D eigenvalue weighted by atomic mass is 10.1. The highest BCUT2D eigenvalue weighted by atomic mass is 35.5. The first kappa shape index (κ1) is 13.6. The van der Waals surface area contributed by atoms with Crippen LogP contribution >= 0.6 is 11.6 Å². The van der Waals surface area contributed by atoms with Crippen molar-refractivity contribution in [3.8, 4) is 11.3 Å². The molecule has 1 amide bonds. The molecule has 0 bridgehead atoms. The zero-order valence-corrected chi connectivity index (χ0v) is 11.8. The number of amides is 1. The van der Waals surface area contributed by atoms with Crippen molar-refractivity contribution < 1.29 is 4.79 Å². The van der Waals surface area contributed by atoms with E-state index in [2.05, 4.69) is 10.4 Å². The Hall–Kier alpha value is -2.37. The molecule has 0 aliphatic rings. The lowest BCUT2D eigenvalue weighted by Gasteiger charge is -2.05. The van der Waals surface area contributed by atoms with Crippen LogP contribution in [0.1, 0.15) is 5.69 Å². The van der Waals surface area contributed by atoms with Crippen LogP contribution in [-0.2, 0) is 11.2 Å². The zero-order valence-electron chi connectivity index (χ0n) is 11.1. The number of carbonyl (C=O) groups excluding carboxylic acids is 1. The molecule has 21 heavy (non-hydrogen) atoms. The van der Waals surface area contributed by atoms with Gasteiger partial charge in [0.1, 0.15) is 5.65 Å². The molecule has 1 aromatic carbocycles. The summed E-state index contributed by atoms with van der Waals surface area (Å²) in [6.07, 6.45) is 1.87. The molecule has 0 saturated heterocycles. The molecule has 2 aromatic heterocycles. The molecule has 0 saturated carbocycles. The number of imidazole rings is 1. The quantitative estimate of drug-likeness (QED) is 0.442. The molecule has 3 rings (SSSR count). The van der Waals surface area contributed by atoms with Gasteiger partial charge in [0.2, 0.25) is 5.91 Å². The molecule has 0 aliphatic carbocycles. The van der Waals surface area contributed by atoms with Crippen LogP contribution in [0.25, 0.3) is 16.9 Å². The third kappa shape index (κ3) is 2.61. The van der Waals surface area contributed by atoms with Crippen LogP contribution in [0.3, 0.4) is 0 Å². The van der Waals surface area contributed by atoms with Gasteiger partial charge < -0.3 is 4.40 Å². The average molecular weight is 301 g/mol. The molecule has 5 nitrogen and oxygen atoms in total. The van der Waals surface area contributed by atoms with E-state index in [0.717, 1.165) is 22.6 Å². The SMILES string of the molecule is NNC(=O)Cc1c(-c2ccccc2)nc2ccc(Cl)cn12. The van der Waals surface area contributed by atoms with E-state index in [9.17, 15) is 4.79 Å². The van der Waals surface area contributed by atoms with Crippen molar-refractivity contribution in [3.63, 3.8) is 0 Å². The van der Waals surface area contributed by atoms with E-state index >= 15 is 0 Å². The number of aromatic nitrogens is 2. The zero-order chi connectivity index (χ0) is 14.8. The van der Waals surface area contributed by atoms with Gasteiger partial charge in [-0.1, -0.05) is 41.9 Å². The molecule has 0 spiro atoms. The second kappa shape index (κ2) is 5.55. The molecule has 3 N–H and O–H groups in total. The summed E-state index contributed by atoms with van der Waals surface area (Å²) in [4.78, 5) is 16.3. The van der Waals surface area contributed by atoms with Crippen LogP contribution in [0, 0.1) is 0 Å². The van der Waals surface area contributed by atoms with E-state index in [0.29, 0.717) is 5.02 Å². The molecule has 106 valence electrons. The number of fused-ring (bicyclic) bond motifs is 1. The number of hydrazine groups is 1. The van der Waals surface area contributed by atoms with Gasteiger partial charge in [-0.05, 0) is 12.1 Å². The van der Waals surface area contributed by atoms with Crippen LogP contribution < -0.4 is 11.3 Å². The van der Waals surface area contributed by atoms with Crippen molar-refractivity contribution >= 4 is 23.2 Å². The van der Waals surface area contributed by atoms with Gasteiger partial charge in [-0.15, -0.1) is 0 Å². The van der Waals surface area contributed by atoms with Gasteiger partial charge in [0.05, 0.1) is 22.8 Å². The molecule has 0 fully saturated rings. The number of pyridine rings is 1. The number of benzene rings is 1. The Morgan fingerprint density at radius 3 is 2.71 bits per heavy atom. The van der Waals surface area contributed by atoms with Gasteiger partial charge in [0.25, 0.3) is 0 Å². The minimum atomic E-state index is -0.283. The monoisotopic (exact) mass is 300 g/mol. The number of hydrogen-bond donors (Lipinski definition) is 2. The van der Waals surface area contributed by atoms with Crippen LogP contribution in [-0.4, -0.2) is 15.3 Å². The summed E-state index contributed by atoms with van der Waals surface area (Å²) in [6, 6.07) is 13.3. The molecule has 6 heteroatoms. The van der Waals surface area contributed by atoms with E-state index in [4.69, 9.17) is 17.4 Å². The normalized spacial score (nSPS) is 10.8. The average Bonchev–Trinajstić information content (AvgIpc) is 2.86. The van der Waals surface area contributed by atoms with Crippen LogP contribution in [0.15, 0.2) is 48.7 Å². The summed E-state index contributed by atoms with van der Waals surface area (Å²) < 4.78 is 1.82. The summed E-state index contributed by atoms with van der Waals surface area (Å²) in [5, 5.41) is 0.578. The van der Waals surface area contributed by atoms with Gasteiger partial charge >= 0.3 is 0 Å². The lowest BCUT2D eigenvalue weighted by molar-refractivity contribution is -0.120. The summed E-state index contributed by atoms with van der Waals surface area (Å²) in [5.41, 5.74) is 5.33. The molecule has 3 aromatic rings. The third-order valence-electron chi connectivity index (χ3n) is 3.22. The number of halogens is 1. The van der Waals surface area contributed by atoms with E-state index in [1.54, 1.807) is 12.3 Å². The van der Waals surface area contributed by atoms with E-state index in [-0.39, 0.29) is 12.3 Å². The summed E-state index contributed by atoms with van der Waals surface area (Å²) in [6.45, 7) is 0. The largest absolute Gasteiger partial charge is 0.301 e. The maximum Gasteiger partial charge on any atom is 0.239 e. The number of nitrogens with one attached hydrogen (secondary N) is 1. The van der Waals surface area contributed by atoms with E-state index < -0.39 is 0 Å². The first-order valence-electron chi connectivity index (χ1n) is 6.40. The Bertz CT molecular complexity index is 798. The minimum absolute atomic E-state index is 0.127. The first-order valence-corrected chi connectivity index (χ1v) is 6.78. The molecule has 0 radical (unpaired) electrons. The fourth-order valence-electron chi connectivity index (χ4n) is 2.27. The van der Waals surface area contributed by atoms with Gasteiger partial charge in [-0.2, -0.15) is 0 Å². The first-order chi connectivity index (χ1) is 10.2. The van der Waals surface area contributed by atoms with E-state index in [1.165, 1.54) is 0 Å². The Kier molecular flexibility index (Phi) is 3.60. The van der Waals surface area contributed by atoms with E-state index in [1.807, 2.05) is 40.8 Å². The minimum Gasteiger partial charge on any atom is -0.301 e. The van der Waals surface area contributed by atoms with Crippen LogP contribution in [0.4, 0.5) is 0 Å². The highest BCUT2D eigenvalue weighted by Crippen LogP contribution is 2.26. The van der Waals surface area contributed by atoms with Gasteiger partial charge in [-0.25, -0.2) is 10.8 Å². The van der Waals surface area contributed by atoms with Crippen molar-refractivity contribution in [2.24, 2.45) is 5.84 Å². The van der Waals surface area contributed by atoms with Crippen LogP contribution in [0.2, 0.25) is 5.02 Å². The molecule has 0 aliphatic heterocycles. The van der Waals surface area contributed by atoms with Crippen molar-refractivity contribution in [1.82, 2.24) is 14.8 Å². The Labute approximate surface area is 126 Å². The molecule has 0 unspecified atom stereocenters. The highest BCUT2D eigenvalue weighted by molar-refractivity contribution is 6.30. The van der Waals surface area contributed by atoms with Crippen molar-refractivity contribution in [1.29, 1.82) is 0 Å². The molecule has 2 heterocycles. The predicted molar refractivity (Wildman–Crippen MR) is 81.7 cm³/mol. The third-order valence-corrected chi connectivity index (χ3v) is 3.44. The smallest absolute Gasteiger partial charge is 0.239 e. The summed E-state index contributed by atoms with van der Waals surface area (Å²) in [5.74, 6) is 4.91. The van der Waals surface area contributed by atoms with Gasteiger partial charge in [0, 0.05) is 11.8 Å². The van der Waals surface area contributed by atoms with Crippen LogP contribution in [0.5, 0.6) is 0 Å².